The largest absolute Gasteiger partial charge is 0.350 e. The minimum Gasteiger partial charge on any atom is -0.350 e. The minimum atomic E-state index is -0.697. The molecule has 0 fully saturated rings. The van der Waals surface area contributed by atoms with Gasteiger partial charge in [0.2, 0.25) is 0 Å². The molecule has 0 unspecified atom stereocenters. The number of hydrogen-bond donors (Lipinski definition) is 2. The maximum absolute atomic E-state index is 10.7. The Morgan fingerprint density at radius 1 is 1.46 bits per heavy atom. The van der Waals surface area contributed by atoms with E-state index in [9.17, 15) is 10.1 Å². The quantitative estimate of drug-likeness (QED) is 0.663. The molecule has 2 aromatic rings. The highest BCUT2D eigenvalue weighted by atomic mass is 32.1. The smallest absolute Gasteiger partial charge is 0.332 e. The Morgan fingerprint density at radius 2 is 2.21 bits per heavy atom. The predicted molar refractivity (Wildman–Crippen MR) is 94.8 cm³/mol. The maximum atomic E-state index is 10.7. The van der Waals surface area contributed by atoms with E-state index in [-0.39, 0.29) is 0 Å². The van der Waals surface area contributed by atoms with Crippen molar-refractivity contribution in [1.82, 2.24) is 9.99 Å². The van der Waals surface area contributed by atoms with E-state index in [1.54, 1.807) is 17.6 Å². The molecule has 124 valence electrons. The van der Waals surface area contributed by atoms with Gasteiger partial charge in [0.05, 0.1) is 11.8 Å². The van der Waals surface area contributed by atoms with Crippen molar-refractivity contribution in [2.45, 2.75) is 39.5 Å². The molecule has 0 spiro atoms. The molecule has 1 aliphatic rings. The third kappa shape index (κ3) is 2.81. The predicted octanol–water partition coefficient (Wildman–Crippen LogP) is 2.91. The molecular formula is C17H19N5OS. The number of aryl methyl sites for hydroxylation is 2. The summed E-state index contributed by atoms with van der Waals surface area (Å²) in [7, 11) is 0. The standard InChI is InChI=1S/C17H19N5OS/c1-10-7-12(9-20-21-17(19)23)11(2)22(10)16-14(8-18)13-5-3-4-6-15(13)24-16/h7,9H,3-6H2,1-2H3,(H3,19,21,23). The van der Waals surface area contributed by atoms with E-state index >= 15 is 0 Å². The van der Waals surface area contributed by atoms with Crippen LogP contribution in [0.15, 0.2) is 11.2 Å². The fourth-order valence-electron chi connectivity index (χ4n) is 3.22. The number of amides is 2. The Balaban J connectivity index is 2.06. The molecular weight excluding hydrogens is 322 g/mol. The molecule has 0 aromatic carbocycles. The summed E-state index contributed by atoms with van der Waals surface area (Å²) in [5.41, 5.74) is 12.1. The molecule has 0 radical (unpaired) electrons. The molecule has 2 heterocycles. The fourth-order valence-corrected chi connectivity index (χ4v) is 4.67. The topological polar surface area (TPSA) is 96.2 Å². The van der Waals surface area contributed by atoms with Gasteiger partial charge in [-0.05, 0) is 51.2 Å². The number of nitrogens with two attached hydrogens (primary N) is 1. The van der Waals surface area contributed by atoms with E-state index in [2.05, 4.69) is 21.2 Å². The molecule has 2 amide bonds. The SMILES string of the molecule is Cc1cc(C=NNC(N)=O)c(C)n1-c1sc2c(c1C#N)CCCC2. The van der Waals surface area contributed by atoms with Crippen LogP contribution in [0.2, 0.25) is 0 Å². The van der Waals surface area contributed by atoms with Gasteiger partial charge in [-0.3, -0.25) is 0 Å². The van der Waals surface area contributed by atoms with Crippen LogP contribution in [0.3, 0.4) is 0 Å². The zero-order valence-electron chi connectivity index (χ0n) is 13.7. The van der Waals surface area contributed by atoms with Crippen molar-refractivity contribution in [2.75, 3.05) is 0 Å². The molecule has 0 aliphatic heterocycles. The summed E-state index contributed by atoms with van der Waals surface area (Å²) < 4.78 is 2.10. The number of carbonyl (C=O) groups is 1. The number of hydrogen-bond acceptors (Lipinski definition) is 4. The molecule has 0 saturated heterocycles. The number of carbonyl (C=O) groups excluding carboxylic acids is 1. The summed E-state index contributed by atoms with van der Waals surface area (Å²) in [6, 6.07) is 3.70. The minimum absolute atomic E-state index is 0.697. The van der Waals surface area contributed by atoms with Gasteiger partial charge in [-0.15, -0.1) is 11.3 Å². The summed E-state index contributed by atoms with van der Waals surface area (Å²) in [5.74, 6) is 0. The van der Waals surface area contributed by atoms with E-state index in [1.165, 1.54) is 16.9 Å². The van der Waals surface area contributed by atoms with E-state index < -0.39 is 6.03 Å². The van der Waals surface area contributed by atoms with E-state index in [0.29, 0.717) is 0 Å². The summed E-state index contributed by atoms with van der Waals surface area (Å²) >= 11 is 1.72. The zero-order chi connectivity index (χ0) is 17.3. The Hall–Kier alpha value is -2.59. The van der Waals surface area contributed by atoms with Gasteiger partial charge in [0.1, 0.15) is 11.1 Å². The van der Waals surface area contributed by atoms with Crippen LogP contribution in [-0.4, -0.2) is 16.8 Å². The number of rotatable bonds is 3. The van der Waals surface area contributed by atoms with Crippen LogP contribution in [0.4, 0.5) is 4.79 Å². The molecule has 3 N–H and O–H groups in total. The Kier molecular flexibility index (Phi) is 4.40. The number of urea groups is 1. The van der Waals surface area contributed by atoms with Crippen LogP contribution < -0.4 is 11.2 Å². The number of hydrazone groups is 1. The number of nitriles is 1. The lowest BCUT2D eigenvalue weighted by Crippen LogP contribution is -2.24. The first kappa shape index (κ1) is 16.3. The second-order valence-electron chi connectivity index (χ2n) is 5.90. The van der Waals surface area contributed by atoms with Crippen LogP contribution in [0.5, 0.6) is 0 Å². The fraction of sp³-hybridized carbons (Fsp3) is 0.353. The average Bonchev–Trinajstić information content (AvgIpc) is 3.04. The van der Waals surface area contributed by atoms with Crippen LogP contribution in [0.1, 0.15) is 45.8 Å². The lowest BCUT2D eigenvalue weighted by molar-refractivity contribution is 0.249. The second kappa shape index (κ2) is 6.49. The highest BCUT2D eigenvalue weighted by molar-refractivity contribution is 7.15. The number of aromatic nitrogens is 1. The highest BCUT2D eigenvalue weighted by Gasteiger charge is 2.23. The average molecular weight is 341 g/mol. The van der Waals surface area contributed by atoms with E-state index in [0.717, 1.165) is 46.8 Å². The van der Waals surface area contributed by atoms with Crippen LogP contribution in [0.25, 0.3) is 5.00 Å². The Labute approximate surface area is 144 Å². The van der Waals surface area contributed by atoms with Gasteiger partial charge in [0, 0.05) is 21.8 Å². The zero-order valence-corrected chi connectivity index (χ0v) is 14.5. The van der Waals surface area contributed by atoms with Gasteiger partial charge in [-0.25, -0.2) is 10.2 Å². The number of thiophene rings is 1. The third-order valence-electron chi connectivity index (χ3n) is 4.32. The van der Waals surface area contributed by atoms with Crippen LogP contribution >= 0.6 is 11.3 Å². The molecule has 0 atom stereocenters. The van der Waals surface area contributed by atoms with Crippen molar-refractivity contribution in [3.63, 3.8) is 0 Å². The molecule has 6 nitrogen and oxygen atoms in total. The van der Waals surface area contributed by atoms with E-state index in [1.807, 2.05) is 19.9 Å². The molecule has 24 heavy (non-hydrogen) atoms. The van der Waals surface area contributed by atoms with Crippen molar-refractivity contribution in [3.05, 3.63) is 39.0 Å². The summed E-state index contributed by atoms with van der Waals surface area (Å²) in [6.45, 7) is 3.99. The first-order valence-corrected chi connectivity index (χ1v) is 8.67. The van der Waals surface area contributed by atoms with Gasteiger partial charge in [-0.2, -0.15) is 10.4 Å². The number of nitrogens with one attached hydrogen (secondary N) is 1. The van der Waals surface area contributed by atoms with Crippen molar-refractivity contribution in [2.24, 2.45) is 10.8 Å². The summed E-state index contributed by atoms with van der Waals surface area (Å²) in [5, 5.41) is 14.5. The molecule has 0 saturated carbocycles. The normalized spacial score (nSPS) is 13.7. The second-order valence-corrected chi connectivity index (χ2v) is 6.98. The number of nitrogens with zero attached hydrogens (tertiary/aromatic N) is 3. The molecule has 2 aromatic heterocycles. The molecule has 7 heteroatoms. The first-order valence-electron chi connectivity index (χ1n) is 7.85. The monoisotopic (exact) mass is 341 g/mol. The number of primary amides is 1. The summed E-state index contributed by atoms with van der Waals surface area (Å²) in [6.07, 6.45) is 5.97. The first-order chi connectivity index (χ1) is 11.5. The van der Waals surface area contributed by atoms with Crippen molar-refractivity contribution >= 4 is 23.6 Å². The Morgan fingerprint density at radius 3 is 2.92 bits per heavy atom. The van der Waals surface area contributed by atoms with Gasteiger partial charge in [-0.1, -0.05) is 0 Å². The summed E-state index contributed by atoms with van der Waals surface area (Å²) in [4.78, 5) is 12.1. The highest BCUT2D eigenvalue weighted by Crippen LogP contribution is 2.38. The van der Waals surface area contributed by atoms with Crippen molar-refractivity contribution in [3.8, 4) is 11.1 Å². The van der Waals surface area contributed by atoms with Gasteiger partial charge < -0.3 is 10.3 Å². The lowest BCUT2D eigenvalue weighted by atomic mass is 9.96. The van der Waals surface area contributed by atoms with Gasteiger partial charge >= 0.3 is 6.03 Å². The van der Waals surface area contributed by atoms with E-state index in [4.69, 9.17) is 5.73 Å². The van der Waals surface area contributed by atoms with Crippen LogP contribution in [0, 0.1) is 25.2 Å². The van der Waals surface area contributed by atoms with Crippen LogP contribution in [-0.2, 0) is 12.8 Å². The van der Waals surface area contributed by atoms with Gasteiger partial charge in [0.15, 0.2) is 0 Å². The van der Waals surface area contributed by atoms with Gasteiger partial charge in [0.25, 0.3) is 0 Å². The molecule has 1 aliphatic carbocycles. The Bertz CT molecular complexity index is 869. The molecule has 3 rings (SSSR count). The molecule has 0 bridgehead atoms. The lowest BCUT2D eigenvalue weighted by Gasteiger charge is -2.10. The van der Waals surface area contributed by atoms with Crippen molar-refractivity contribution in [1.29, 1.82) is 5.26 Å². The maximum Gasteiger partial charge on any atom is 0.332 e. The third-order valence-corrected chi connectivity index (χ3v) is 5.59. The number of fused-ring (bicyclic) bond motifs is 1. The van der Waals surface area contributed by atoms with Crippen molar-refractivity contribution < 1.29 is 4.79 Å².